The molecule has 0 aliphatic carbocycles. The molecule has 0 saturated heterocycles. The molecule has 7 nitrogen and oxygen atoms in total. The van der Waals surface area contributed by atoms with Gasteiger partial charge in [0.2, 0.25) is 0 Å². The van der Waals surface area contributed by atoms with Gasteiger partial charge in [-0.3, -0.25) is 4.52 Å². The molecule has 4 N–H and O–H groups in total. The Labute approximate surface area is 67.8 Å². The predicted octanol–water partition coefficient (Wildman–Crippen LogP) is -1.98. The van der Waals surface area contributed by atoms with Crippen LogP contribution in [-0.2, 0) is 13.9 Å². The van der Waals surface area contributed by atoms with Crippen LogP contribution in [0, 0.1) is 0 Å². The van der Waals surface area contributed by atoms with Crippen LogP contribution < -0.4 is 0 Å². The van der Waals surface area contributed by atoms with Gasteiger partial charge in [0.05, 0.1) is 6.61 Å². The zero-order valence-corrected chi connectivity index (χ0v) is 6.79. The summed E-state index contributed by atoms with van der Waals surface area (Å²) in [4.78, 5) is 26.1. The maximum Gasteiger partial charge on any atom is 0.469 e. The lowest BCUT2D eigenvalue weighted by Gasteiger charge is -2.12. The lowest BCUT2D eigenvalue weighted by Crippen LogP contribution is -2.31. The van der Waals surface area contributed by atoms with Crippen molar-refractivity contribution in [2.24, 2.45) is 0 Å². The van der Waals surface area contributed by atoms with Gasteiger partial charge in [-0.2, -0.15) is 0 Å². The molecular formula is C4H9O7P. The molecule has 2 atom stereocenters. The Hall–Kier alpha value is -0.300. The fourth-order valence-corrected chi connectivity index (χ4v) is 0.710. The summed E-state index contributed by atoms with van der Waals surface area (Å²) in [6.07, 6.45) is -3.29. The van der Waals surface area contributed by atoms with Gasteiger partial charge in [0.25, 0.3) is 0 Å². The van der Waals surface area contributed by atoms with Crippen LogP contribution in [0.1, 0.15) is 0 Å². The molecule has 0 aromatic heterocycles. The van der Waals surface area contributed by atoms with E-state index < -0.39 is 26.6 Å². The summed E-state index contributed by atoms with van der Waals surface area (Å²) < 4.78 is 13.8. The molecule has 0 aliphatic rings. The second-order valence-electron chi connectivity index (χ2n) is 1.98. The molecule has 0 fully saturated rings. The number of carbonyl (C=O) groups excluding carboxylic acids is 1. The van der Waals surface area contributed by atoms with E-state index in [2.05, 4.69) is 4.52 Å². The van der Waals surface area contributed by atoms with E-state index in [1.165, 1.54) is 0 Å². The van der Waals surface area contributed by atoms with Crippen LogP contribution in [0.2, 0.25) is 0 Å². The van der Waals surface area contributed by atoms with E-state index in [9.17, 15) is 9.36 Å². The van der Waals surface area contributed by atoms with Crippen molar-refractivity contribution in [3.05, 3.63) is 0 Å². The Bertz CT molecular complexity index is 186. The number of phosphoric ester groups is 1. The average Bonchev–Trinajstić information content (AvgIpc) is 1.97. The third kappa shape index (κ3) is 5.36. The van der Waals surface area contributed by atoms with Crippen LogP contribution in [0.15, 0.2) is 0 Å². The highest BCUT2D eigenvalue weighted by molar-refractivity contribution is 7.46. The molecule has 0 saturated carbocycles. The second kappa shape index (κ2) is 4.66. The third-order valence-electron chi connectivity index (χ3n) is 0.947. The van der Waals surface area contributed by atoms with Gasteiger partial charge in [0.15, 0.2) is 6.29 Å². The maximum absolute atomic E-state index is 10.0. The minimum Gasteiger partial charge on any atom is -0.388 e. The van der Waals surface area contributed by atoms with Gasteiger partial charge in [0, 0.05) is 0 Å². The predicted molar refractivity (Wildman–Crippen MR) is 36.1 cm³/mol. The molecule has 0 unspecified atom stereocenters. The summed E-state index contributed by atoms with van der Waals surface area (Å²) in [5.74, 6) is 0. The van der Waals surface area contributed by atoms with Gasteiger partial charge in [-0.05, 0) is 0 Å². The van der Waals surface area contributed by atoms with Gasteiger partial charge >= 0.3 is 7.82 Å². The quantitative estimate of drug-likeness (QED) is 0.299. The fraction of sp³-hybridized carbons (Fsp3) is 0.750. The average molecular weight is 200 g/mol. The first-order valence-electron chi connectivity index (χ1n) is 2.88. The van der Waals surface area contributed by atoms with Gasteiger partial charge in [-0.25, -0.2) is 4.57 Å². The molecule has 0 amide bonds. The number of phosphoric acid groups is 1. The number of aliphatic hydroxyl groups is 2. The SMILES string of the molecule is O=C[C@@H](O)[C@H](O)COP(=O)(O)O. The number of aldehydes is 1. The Kier molecular flexibility index (Phi) is 4.54. The van der Waals surface area contributed by atoms with Crippen molar-refractivity contribution < 1.29 is 33.9 Å². The highest BCUT2D eigenvalue weighted by Gasteiger charge is 2.21. The van der Waals surface area contributed by atoms with Gasteiger partial charge in [0.1, 0.15) is 12.2 Å². The summed E-state index contributed by atoms with van der Waals surface area (Å²) in [7, 11) is -4.66. The van der Waals surface area contributed by atoms with Gasteiger partial charge in [-0.15, -0.1) is 0 Å². The largest absolute Gasteiger partial charge is 0.469 e. The molecule has 0 spiro atoms. The van der Waals surface area contributed by atoms with E-state index >= 15 is 0 Å². The molecule has 0 bridgehead atoms. The van der Waals surface area contributed by atoms with Crippen molar-refractivity contribution in [3.8, 4) is 0 Å². The Morgan fingerprint density at radius 1 is 1.42 bits per heavy atom. The van der Waals surface area contributed by atoms with E-state index in [0.29, 0.717) is 0 Å². The summed E-state index contributed by atoms with van der Waals surface area (Å²) in [6, 6.07) is 0. The maximum atomic E-state index is 10.0. The first kappa shape index (κ1) is 11.7. The second-order valence-corrected chi connectivity index (χ2v) is 3.22. The minimum absolute atomic E-state index is 0.0354. The van der Waals surface area contributed by atoms with Crippen LogP contribution in [0.4, 0.5) is 0 Å². The number of hydrogen-bond donors (Lipinski definition) is 4. The summed E-state index contributed by atoms with van der Waals surface area (Å²) in [5.41, 5.74) is 0. The van der Waals surface area contributed by atoms with Gasteiger partial charge in [-0.1, -0.05) is 0 Å². The van der Waals surface area contributed by atoms with Crippen molar-refractivity contribution in [2.45, 2.75) is 12.2 Å². The molecule has 12 heavy (non-hydrogen) atoms. The minimum atomic E-state index is -4.66. The monoisotopic (exact) mass is 200 g/mol. The number of hydrogen-bond acceptors (Lipinski definition) is 5. The van der Waals surface area contributed by atoms with Crippen LogP contribution in [0.5, 0.6) is 0 Å². The van der Waals surface area contributed by atoms with Crippen LogP contribution in [-0.4, -0.2) is 45.1 Å². The molecule has 0 heterocycles. The van der Waals surface area contributed by atoms with Crippen LogP contribution in [0.3, 0.4) is 0 Å². The third-order valence-corrected chi connectivity index (χ3v) is 1.43. The topological polar surface area (TPSA) is 124 Å². The standard InChI is InChI=1S/C4H9O7P/c5-1-3(6)4(7)2-11-12(8,9)10/h1,3-4,6-7H,2H2,(H2,8,9,10)/t3-,4-/m1/s1. The fourth-order valence-electron chi connectivity index (χ4n) is 0.363. The lowest BCUT2D eigenvalue weighted by atomic mass is 10.2. The molecule has 0 radical (unpaired) electrons. The first-order valence-corrected chi connectivity index (χ1v) is 4.41. The van der Waals surface area contributed by atoms with E-state index in [-0.39, 0.29) is 6.29 Å². The number of rotatable bonds is 5. The highest BCUT2D eigenvalue weighted by Crippen LogP contribution is 2.35. The molecule has 0 aromatic carbocycles. The highest BCUT2D eigenvalue weighted by atomic mass is 31.2. The zero-order chi connectivity index (χ0) is 9.78. The van der Waals surface area contributed by atoms with Crippen molar-refractivity contribution >= 4 is 14.1 Å². The van der Waals surface area contributed by atoms with E-state index in [1.807, 2.05) is 0 Å². The van der Waals surface area contributed by atoms with Crippen LogP contribution >= 0.6 is 7.82 Å². The van der Waals surface area contributed by atoms with E-state index in [1.54, 1.807) is 0 Å². The molecule has 8 heteroatoms. The van der Waals surface area contributed by atoms with Crippen molar-refractivity contribution in [1.29, 1.82) is 0 Å². The van der Waals surface area contributed by atoms with E-state index in [4.69, 9.17) is 20.0 Å². The van der Waals surface area contributed by atoms with Crippen LogP contribution in [0.25, 0.3) is 0 Å². The van der Waals surface area contributed by atoms with Crippen molar-refractivity contribution in [1.82, 2.24) is 0 Å². The first-order chi connectivity index (χ1) is 5.37. The molecule has 0 aromatic rings. The van der Waals surface area contributed by atoms with E-state index in [0.717, 1.165) is 0 Å². The van der Waals surface area contributed by atoms with Crippen molar-refractivity contribution in [2.75, 3.05) is 6.61 Å². The molecular weight excluding hydrogens is 191 g/mol. The normalized spacial score (nSPS) is 17.0. The Morgan fingerprint density at radius 3 is 2.25 bits per heavy atom. The smallest absolute Gasteiger partial charge is 0.388 e. The summed E-state index contributed by atoms with van der Waals surface area (Å²) >= 11 is 0. The van der Waals surface area contributed by atoms with Gasteiger partial charge < -0.3 is 24.8 Å². The Balaban J connectivity index is 3.79. The Morgan fingerprint density at radius 2 is 1.92 bits per heavy atom. The van der Waals surface area contributed by atoms with Crippen molar-refractivity contribution in [3.63, 3.8) is 0 Å². The molecule has 72 valence electrons. The summed E-state index contributed by atoms with van der Waals surface area (Å²) in [5, 5.41) is 17.3. The molecule has 0 aliphatic heterocycles. The number of carbonyl (C=O) groups is 1. The lowest BCUT2D eigenvalue weighted by molar-refractivity contribution is -0.121. The number of aliphatic hydroxyl groups excluding tert-OH is 2. The zero-order valence-electron chi connectivity index (χ0n) is 5.90. The summed E-state index contributed by atoms with van der Waals surface area (Å²) in [6.45, 7) is -0.801. The molecule has 0 rings (SSSR count).